The third-order valence-electron chi connectivity index (χ3n) is 22.6. The van der Waals surface area contributed by atoms with Crippen molar-refractivity contribution in [3.8, 4) is 0 Å². The standard InChI is InChI=1S/C15H23N3O5.2C12H23N3O4.C11H19NO5.C11H21NO5.C10H17NO5.C10H21NO3.C9H17N3O9/c1-15(2,3)9-4-10-16(11-12-23-18(21)22)13-5-7-14(8-6-13)17(19)20;2*1-11(2)4-3-5-13-6-8-14(9-7-13)12(16)10-19-15(17)18;1-9(2)3-4-10(13)16-7-11(5-6-11)8-17-12(14)15;1-11(2,3)6-5-10(13)9-16-7-4-8-17-12(14)15;1-6(2)3-7-4-14-10-8(16-11(12)13)5-15-9(7)10;1-10(2,3)8-6-4-5-7-9-14-11(12)13;1-8(2)3-4-9(5-19-10(13)14,6-20-11(15)16)7-21-12(17)18/h5-8H,4,9-12H2,1-3H3;2*11H,3-10H2,1-2H3;9H,3-8H2,1-2H3;4-9H2,1-3H3;6-10H,3-5H2,1-2H3;4-9H2,1-3H3;8H,3-7H2,1-2H3/t;;;;;7?,8-,9?,10?;;/m.....1../s1. The number of esters is 1. The van der Waals surface area contributed by atoms with E-state index in [1.807, 2.05) is 32.6 Å². The Hall–Kier alpha value is -11.7. The van der Waals surface area contributed by atoms with Crippen LogP contribution in [-0.2, 0) is 86.5 Å². The Bertz CT molecular complexity index is 3810. The van der Waals surface area contributed by atoms with Gasteiger partial charge < -0.3 is 82.0 Å². The van der Waals surface area contributed by atoms with Crippen LogP contribution in [0.2, 0.25) is 0 Å². The van der Waals surface area contributed by atoms with Gasteiger partial charge in [0.15, 0.2) is 25.1 Å². The SMILES string of the molecule is CC(C)(C)CCC(=O)COCCCO[N+](=O)[O-].CC(C)(C)CCCCCCO[N+](=O)[O-].CC(C)(C)CCCN(CCO[N+](=O)[O-])c1ccc([N+](=O)[O-])cc1.CC(C)CC1COC2C1OC[C@H]2O[N+](=O)[O-].CC(C)CCC(=O)OCC1(CO[N+](=O)[O-])CC1.CC(C)CCC(CO[N+](=O)[O-])(CO[N+](=O)[O-])CO[N+](=O)[O-].CC(C)CCCN1CCN(C(=O)CO[N+](=O)[O-])CC1.CC(C)CCCN1CCN(C(=O)CO[N+](=O)[O-])CC1. The van der Waals surface area contributed by atoms with Crippen LogP contribution in [0, 0.1) is 174 Å². The highest BCUT2D eigenvalue weighted by atomic mass is 17.0. The molecule has 1 aliphatic carbocycles. The quantitative estimate of drug-likeness (QED) is 0.0253. The van der Waals surface area contributed by atoms with E-state index in [4.69, 9.17) is 18.9 Å². The number of carbonyl (C=O) groups excluding carboxylic acids is 4. The fraction of sp³-hybridized carbons (Fsp3) is 0.889. The van der Waals surface area contributed by atoms with Gasteiger partial charge in [-0.05, 0) is 167 Å². The molecule has 5 fully saturated rings. The number of rotatable bonds is 63. The summed E-state index contributed by atoms with van der Waals surface area (Å²) < 4.78 is 21.3. The third-order valence-corrected chi connectivity index (χ3v) is 22.6. The molecule has 0 spiro atoms. The van der Waals surface area contributed by atoms with Crippen LogP contribution >= 0.6 is 0 Å². The zero-order chi connectivity index (χ0) is 111. The van der Waals surface area contributed by atoms with Crippen molar-refractivity contribution in [2.24, 2.45) is 62.6 Å². The highest BCUT2D eigenvalue weighted by molar-refractivity contribution is 5.79. The maximum atomic E-state index is 11.6. The van der Waals surface area contributed by atoms with Crippen LogP contribution < -0.4 is 4.90 Å². The number of hydrogen-bond donors (Lipinski definition) is 0. The first kappa shape index (κ1) is 136. The zero-order valence-electron chi connectivity index (χ0n) is 88.7. The van der Waals surface area contributed by atoms with Gasteiger partial charge in [-0.1, -0.05) is 157 Å². The molecule has 56 nitrogen and oxygen atoms in total. The van der Waals surface area contributed by atoms with Crippen LogP contribution in [0.15, 0.2) is 24.3 Å². The number of piperazine rings is 2. The minimum absolute atomic E-state index is 0.00316. The lowest BCUT2D eigenvalue weighted by Crippen LogP contribution is -2.49. The highest BCUT2D eigenvalue weighted by Crippen LogP contribution is 2.46. The predicted octanol–water partition coefficient (Wildman–Crippen LogP) is 14.2. The van der Waals surface area contributed by atoms with Crippen molar-refractivity contribution in [2.75, 3.05) is 176 Å². The van der Waals surface area contributed by atoms with Crippen molar-refractivity contribution in [1.82, 2.24) is 19.6 Å². The second kappa shape index (κ2) is 75.1. The number of unbranched alkanes of at least 4 members (excludes halogenated alkanes) is 3. The van der Waals surface area contributed by atoms with Crippen molar-refractivity contribution in [3.63, 3.8) is 0 Å². The monoisotopic (exact) mass is 2110 g/mol. The first-order valence-corrected chi connectivity index (χ1v) is 49.3. The summed E-state index contributed by atoms with van der Waals surface area (Å²) in [6, 6.07) is 6.17. The Morgan fingerprint density at radius 3 is 1.23 bits per heavy atom. The summed E-state index contributed by atoms with van der Waals surface area (Å²) in [5.74, 6) is 2.22. The van der Waals surface area contributed by atoms with Gasteiger partial charge in [0.1, 0.15) is 45.7 Å². The van der Waals surface area contributed by atoms with Crippen molar-refractivity contribution < 1.29 is 142 Å². The van der Waals surface area contributed by atoms with Gasteiger partial charge in [-0.3, -0.25) is 39.1 Å². The minimum Gasteiger partial charge on any atom is -0.465 e. The Morgan fingerprint density at radius 1 is 0.404 bits per heavy atom. The molecule has 1 aromatic rings. The number of non-ortho nitro benzene ring substituents is 1. The maximum Gasteiger partial charge on any atom is 0.305 e. The third kappa shape index (κ3) is 77.7. The molecule has 0 aromatic heterocycles. The Labute approximate surface area is 852 Å². The average molecular weight is 2110 g/mol. The Balaban J connectivity index is 0. The van der Waals surface area contributed by atoms with E-state index in [9.17, 15) is 130 Å². The number of amides is 2. The Kier molecular flexibility index (Phi) is 70.1. The van der Waals surface area contributed by atoms with Crippen LogP contribution in [0.4, 0.5) is 11.4 Å². The van der Waals surface area contributed by atoms with E-state index in [2.05, 4.69) is 162 Å². The molecule has 2 amide bonds. The molecule has 4 heterocycles. The van der Waals surface area contributed by atoms with Crippen LogP contribution in [-0.4, -0.2) is 288 Å². The summed E-state index contributed by atoms with van der Waals surface area (Å²) in [7, 11) is 0. The van der Waals surface area contributed by atoms with E-state index in [1.54, 1.807) is 21.9 Å². The smallest absolute Gasteiger partial charge is 0.305 e. The number of ketones is 1. The van der Waals surface area contributed by atoms with Crippen LogP contribution in [0.1, 0.15) is 266 Å². The molecule has 0 N–H and O–H groups in total. The molecule has 3 unspecified atom stereocenters. The van der Waals surface area contributed by atoms with Crippen molar-refractivity contribution in [3.05, 3.63) is 136 Å². The van der Waals surface area contributed by atoms with E-state index in [1.165, 1.54) is 50.7 Å². The van der Waals surface area contributed by atoms with Gasteiger partial charge in [0, 0.05) is 119 Å². The van der Waals surface area contributed by atoms with Gasteiger partial charge in [0.05, 0.1) is 44.1 Å². The number of fused-ring (bicyclic) bond motifs is 1. The number of nitrogens with zero attached hydrogens (tertiary/aromatic N) is 16. The number of Topliss-reactive ketones (excluding diaryl/α,β-unsaturated/α-hetero) is 1. The normalized spacial score (nSPS) is 16.1. The molecular formula is C90H164N16O40. The van der Waals surface area contributed by atoms with E-state index in [-0.39, 0.29) is 116 Å². The van der Waals surface area contributed by atoms with Crippen LogP contribution in [0.5, 0.6) is 0 Å². The number of anilines is 1. The molecule has 0 bridgehead atoms. The lowest BCUT2D eigenvalue weighted by atomic mass is 9.83. The molecule has 844 valence electrons. The topological polar surface area (TPSA) is 688 Å². The van der Waals surface area contributed by atoms with E-state index < -0.39 is 100 Å². The molecule has 0 radical (unpaired) electrons. The van der Waals surface area contributed by atoms with Gasteiger partial charge in [0.2, 0.25) is 11.8 Å². The van der Waals surface area contributed by atoms with Gasteiger partial charge in [-0.2, -0.15) is 0 Å². The molecule has 1 saturated carbocycles. The lowest BCUT2D eigenvalue weighted by Gasteiger charge is -2.34. The van der Waals surface area contributed by atoms with E-state index in [0.717, 1.165) is 121 Å². The molecule has 4 saturated heterocycles. The van der Waals surface area contributed by atoms with Gasteiger partial charge in [0.25, 0.3) is 56.6 Å². The second-order valence-corrected chi connectivity index (χ2v) is 41.7. The molecule has 4 atom stereocenters. The summed E-state index contributed by atoms with van der Waals surface area (Å²) >= 11 is 0. The number of ether oxygens (including phenoxy) is 4. The highest BCUT2D eigenvalue weighted by Gasteiger charge is 2.50. The summed E-state index contributed by atoms with van der Waals surface area (Å²) in [6.07, 6.45) is 17.5. The number of nitro groups is 1. The molecule has 56 heteroatoms. The molecule has 146 heavy (non-hydrogen) atoms. The molecule has 1 aromatic carbocycles. The summed E-state index contributed by atoms with van der Waals surface area (Å²) in [6.45, 7) is 48.3. The maximum absolute atomic E-state index is 11.6. The van der Waals surface area contributed by atoms with Gasteiger partial charge in [-0.25, -0.2) is 0 Å². The average Bonchev–Trinajstić information content (AvgIpc) is 1.67. The first-order valence-electron chi connectivity index (χ1n) is 49.3. The van der Waals surface area contributed by atoms with Gasteiger partial charge >= 0.3 is 5.97 Å². The fourth-order valence-electron chi connectivity index (χ4n) is 14.3. The molecule has 6 rings (SSSR count). The first-order chi connectivity index (χ1) is 68.1. The van der Waals surface area contributed by atoms with E-state index in [0.29, 0.717) is 101 Å². The summed E-state index contributed by atoms with van der Waals surface area (Å²) in [4.78, 5) is 210. The van der Waals surface area contributed by atoms with Gasteiger partial charge in [-0.15, -0.1) is 101 Å². The molecule has 4 aliphatic heterocycles. The summed E-state index contributed by atoms with van der Waals surface area (Å²) in [5, 5.41) is 103. The number of nitro benzene ring substituents is 1. The Morgan fingerprint density at radius 2 is 0.822 bits per heavy atom. The molecular weight excluding hydrogens is 1950 g/mol. The molecule has 5 aliphatic rings. The fourth-order valence-corrected chi connectivity index (χ4v) is 14.3. The van der Waals surface area contributed by atoms with Crippen LogP contribution in [0.25, 0.3) is 0 Å². The number of benzene rings is 1. The predicted molar refractivity (Wildman–Crippen MR) is 524 cm³/mol. The van der Waals surface area contributed by atoms with E-state index >= 15 is 0 Å². The number of hydrogen-bond acceptors (Lipinski definition) is 43. The van der Waals surface area contributed by atoms with Crippen molar-refractivity contribution >= 4 is 34.9 Å². The zero-order valence-corrected chi connectivity index (χ0v) is 88.7. The minimum atomic E-state index is -1.36. The lowest BCUT2D eigenvalue weighted by molar-refractivity contribution is -0.782. The van der Waals surface area contributed by atoms with Crippen molar-refractivity contribution in [2.45, 2.75) is 285 Å². The van der Waals surface area contributed by atoms with Crippen LogP contribution in [0.3, 0.4) is 0 Å². The second-order valence-electron chi connectivity index (χ2n) is 41.7. The van der Waals surface area contributed by atoms with Crippen molar-refractivity contribution in [1.29, 1.82) is 0 Å². The largest absolute Gasteiger partial charge is 0.465 e. The summed E-state index contributed by atoms with van der Waals surface area (Å²) in [5.41, 5.74) is -0.107. The number of carbonyl (C=O) groups is 4.